The third-order valence-electron chi connectivity index (χ3n) is 5.81. The van der Waals surface area contributed by atoms with Crippen molar-refractivity contribution in [1.82, 2.24) is 0 Å². The van der Waals surface area contributed by atoms with Crippen LogP contribution in [0.4, 0.5) is 35.1 Å². The highest BCUT2D eigenvalue weighted by atomic mass is 79.9. The minimum Gasteiger partial charge on any atom is -0.372 e. The van der Waals surface area contributed by atoms with Gasteiger partial charge in [0.25, 0.3) is 0 Å². The van der Waals surface area contributed by atoms with Crippen molar-refractivity contribution in [2.45, 2.75) is 25.6 Å². The number of ether oxygens (including phenoxy) is 1. The molecule has 0 saturated heterocycles. The van der Waals surface area contributed by atoms with E-state index in [1.54, 1.807) is 12.1 Å². The zero-order valence-electron chi connectivity index (χ0n) is 19.5. The van der Waals surface area contributed by atoms with Gasteiger partial charge in [-0.1, -0.05) is 80.4 Å². The molecular weight excluding hydrogens is 664 g/mol. The lowest BCUT2D eigenvalue weighted by atomic mass is 9.94. The highest BCUT2D eigenvalue weighted by Crippen LogP contribution is 2.44. The Morgan fingerprint density at radius 2 is 0.923 bits per heavy atom. The van der Waals surface area contributed by atoms with Crippen molar-refractivity contribution < 1.29 is 39.9 Å². The Morgan fingerprint density at radius 3 is 1.28 bits per heavy atom. The van der Waals surface area contributed by atoms with Crippen LogP contribution >= 0.6 is 31.9 Å². The van der Waals surface area contributed by atoms with Crippen LogP contribution in [0, 0.1) is 11.6 Å². The summed E-state index contributed by atoms with van der Waals surface area (Å²) in [7, 11) is 0. The van der Waals surface area contributed by atoms with Gasteiger partial charge in [0, 0.05) is 20.1 Å². The molecule has 0 aliphatic carbocycles. The van der Waals surface area contributed by atoms with Crippen molar-refractivity contribution in [3.8, 4) is 22.3 Å². The molecule has 39 heavy (non-hydrogen) atoms. The second-order valence-electron chi connectivity index (χ2n) is 8.42. The largest absolute Gasteiger partial charge is 0.417 e. The molecule has 0 spiro atoms. The molecule has 0 heterocycles. The molecule has 4 aromatic rings. The molecule has 0 aliphatic rings. The van der Waals surface area contributed by atoms with Crippen molar-refractivity contribution in [3.63, 3.8) is 0 Å². The number of hydrogen-bond acceptors (Lipinski definition) is 1. The quantitative estimate of drug-likeness (QED) is 0.184. The van der Waals surface area contributed by atoms with Gasteiger partial charge in [-0.25, -0.2) is 8.78 Å². The highest BCUT2D eigenvalue weighted by molar-refractivity contribution is 9.11. The third-order valence-corrected chi connectivity index (χ3v) is 7.06. The van der Waals surface area contributed by atoms with E-state index in [1.165, 1.54) is 36.4 Å². The SMILES string of the molecule is Fc1cc(Br)c(-c2ccccc2COCc2ccccc2-c2c(Br)cc(F)cc2C(F)(F)F)c(C(F)(F)F)c1. The molecule has 0 atom stereocenters. The van der Waals surface area contributed by atoms with Crippen LogP contribution in [0.15, 0.2) is 81.7 Å². The Labute approximate surface area is 234 Å². The molecule has 0 saturated carbocycles. The van der Waals surface area contributed by atoms with Gasteiger partial charge in [0.15, 0.2) is 0 Å². The van der Waals surface area contributed by atoms with Crippen molar-refractivity contribution in [3.05, 3.63) is 116 Å². The molecule has 11 heteroatoms. The molecule has 0 N–H and O–H groups in total. The number of hydrogen-bond donors (Lipinski definition) is 0. The van der Waals surface area contributed by atoms with Gasteiger partial charge in [-0.15, -0.1) is 0 Å². The van der Waals surface area contributed by atoms with Crippen molar-refractivity contribution in [1.29, 1.82) is 0 Å². The van der Waals surface area contributed by atoms with Crippen molar-refractivity contribution in [2.75, 3.05) is 0 Å². The van der Waals surface area contributed by atoms with Crippen LogP contribution in [0.3, 0.4) is 0 Å². The summed E-state index contributed by atoms with van der Waals surface area (Å²) in [6, 6.07) is 14.8. The molecule has 0 fully saturated rings. The summed E-state index contributed by atoms with van der Waals surface area (Å²) in [4.78, 5) is 0. The van der Waals surface area contributed by atoms with Crippen LogP contribution in [0.1, 0.15) is 22.3 Å². The molecule has 0 bridgehead atoms. The van der Waals surface area contributed by atoms with E-state index in [1.807, 2.05) is 0 Å². The molecule has 204 valence electrons. The number of rotatable bonds is 6. The van der Waals surface area contributed by atoms with Crippen LogP contribution in [-0.2, 0) is 30.3 Å². The molecule has 0 aromatic heterocycles. The maximum absolute atomic E-state index is 13.8. The van der Waals surface area contributed by atoms with Crippen molar-refractivity contribution in [2.24, 2.45) is 0 Å². The standard InChI is InChI=1S/C28H16Br2F8O/c29-23-11-17(31)9-21(27(33,34)35)25(23)19-7-3-1-5-15(19)13-39-14-16-6-2-4-8-20(16)26-22(28(36,37)38)10-18(32)12-24(26)30/h1-12H,13-14H2. The number of benzene rings is 4. The minimum absolute atomic E-state index is 0.103. The van der Waals surface area contributed by atoms with Crippen LogP contribution in [0.2, 0.25) is 0 Å². The summed E-state index contributed by atoms with van der Waals surface area (Å²) in [5.74, 6) is -2.12. The summed E-state index contributed by atoms with van der Waals surface area (Å²) in [5, 5.41) is 0. The summed E-state index contributed by atoms with van der Waals surface area (Å²) >= 11 is 6.06. The second-order valence-corrected chi connectivity index (χ2v) is 10.1. The van der Waals surface area contributed by atoms with Gasteiger partial charge in [-0.05, 0) is 46.5 Å². The zero-order valence-corrected chi connectivity index (χ0v) is 22.7. The third kappa shape index (κ3) is 6.53. The van der Waals surface area contributed by atoms with Crippen LogP contribution in [0.5, 0.6) is 0 Å². The van der Waals surface area contributed by atoms with Crippen LogP contribution < -0.4 is 0 Å². The minimum atomic E-state index is -4.84. The van der Waals surface area contributed by atoms with Crippen molar-refractivity contribution >= 4 is 31.9 Å². The van der Waals surface area contributed by atoms with E-state index in [-0.39, 0.29) is 44.4 Å². The predicted octanol–water partition coefficient (Wildman–Crippen LogP) is 10.6. The van der Waals surface area contributed by atoms with Crippen LogP contribution in [-0.4, -0.2) is 0 Å². The first kappa shape index (κ1) is 29.2. The van der Waals surface area contributed by atoms with E-state index < -0.39 is 35.1 Å². The molecule has 0 aliphatic heterocycles. The Bertz CT molecular complexity index is 1400. The molecule has 0 unspecified atom stereocenters. The lowest BCUT2D eigenvalue weighted by molar-refractivity contribution is -0.138. The van der Waals surface area contributed by atoms with E-state index in [0.29, 0.717) is 23.3 Å². The fourth-order valence-electron chi connectivity index (χ4n) is 4.19. The average molecular weight is 680 g/mol. The fourth-order valence-corrected chi connectivity index (χ4v) is 5.48. The highest BCUT2D eigenvalue weighted by Gasteiger charge is 2.37. The first-order valence-electron chi connectivity index (χ1n) is 11.1. The molecule has 4 aromatic carbocycles. The summed E-state index contributed by atoms with van der Waals surface area (Å²) in [5.41, 5.74) is -1.92. The summed E-state index contributed by atoms with van der Waals surface area (Å²) in [6.45, 7) is -0.412. The maximum Gasteiger partial charge on any atom is 0.417 e. The van der Waals surface area contributed by atoms with Gasteiger partial charge < -0.3 is 4.74 Å². The number of halogens is 10. The molecule has 1 nitrogen and oxygen atoms in total. The Kier molecular flexibility index (Phi) is 8.53. The monoisotopic (exact) mass is 678 g/mol. The lowest BCUT2D eigenvalue weighted by Gasteiger charge is -2.19. The van der Waals surface area contributed by atoms with Gasteiger partial charge in [-0.2, -0.15) is 26.3 Å². The fraction of sp³-hybridized carbons (Fsp3) is 0.143. The van der Waals surface area contributed by atoms with Gasteiger partial charge in [-0.3, -0.25) is 0 Å². The summed E-state index contributed by atoms with van der Waals surface area (Å²) in [6.07, 6.45) is -9.68. The smallest absolute Gasteiger partial charge is 0.372 e. The Morgan fingerprint density at radius 1 is 0.564 bits per heavy atom. The van der Waals surface area contributed by atoms with Crippen LogP contribution in [0.25, 0.3) is 22.3 Å². The Balaban J connectivity index is 1.68. The van der Waals surface area contributed by atoms with E-state index in [4.69, 9.17) is 4.74 Å². The average Bonchev–Trinajstić information content (AvgIpc) is 2.83. The Hall–Kier alpha value is -2.76. The first-order chi connectivity index (χ1) is 18.3. The van der Waals surface area contributed by atoms with E-state index >= 15 is 0 Å². The maximum atomic E-state index is 13.8. The molecule has 0 amide bonds. The van der Waals surface area contributed by atoms with Gasteiger partial charge in [0.1, 0.15) is 11.6 Å². The van der Waals surface area contributed by atoms with Gasteiger partial charge >= 0.3 is 12.4 Å². The topological polar surface area (TPSA) is 9.23 Å². The van der Waals surface area contributed by atoms with Gasteiger partial charge in [0.05, 0.1) is 24.3 Å². The molecule has 4 rings (SSSR count). The van der Waals surface area contributed by atoms with Gasteiger partial charge in [0.2, 0.25) is 0 Å². The van der Waals surface area contributed by atoms with E-state index in [9.17, 15) is 35.1 Å². The first-order valence-corrected chi connectivity index (χ1v) is 12.7. The number of alkyl halides is 6. The summed E-state index contributed by atoms with van der Waals surface area (Å²) < 4.78 is 116. The molecular formula is C28H16Br2F8O. The second kappa shape index (κ2) is 11.4. The normalized spacial score (nSPS) is 12.2. The lowest BCUT2D eigenvalue weighted by Crippen LogP contribution is -2.10. The zero-order chi connectivity index (χ0) is 28.5. The van der Waals surface area contributed by atoms with E-state index in [0.717, 1.165) is 12.1 Å². The molecule has 0 radical (unpaired) electrons. The predicted molar refractivity (Wildman–Crippen MR) is 138 cm³/mol. The van der Waals surface area contributed by atoms with E-state index in [2.05, 4.69) is 31.9 Å².